The van der Waals surface area contributed by atoms with Crippen LogP contribution < -0.4 is 16.0 Å². The number of benzene rings is 1. The molecule has 3 aromatic rings. The molecule has 0 spiro atoms. The highest BCUT2D eigenvalue weighted by Crippen LogP contribution is 2.47. The highest BCUT2D eigenvalue weighted by Gasteiger charge is 2.41. The summed E-state index contributed by atoms with van der Waals surface area (Å²) in [6.07, 6.45) is 1.70. The van der Waals surface area contributed by atoms with Crippen molar-refractivity contribution in [1.29, 1.82) is 5.26 Å². The Morgan fingerprint density at radius 1 is 1.38 bits per heavy atom. The zero-order valence-corrected chi connectivity index (χ0v) is 22.7. The number of nitrogens with zero attached hydrogens (tertiary/aromatic N) is 5. The predicted molar refractivity (Wildman–Crippen MR) is 143 cm³/mol. The van der Waals surface area contributed by atoms with Gasteiger partial charge in [-0.15, -0.1) is 10.2 Å². The number of halogens is 1. The van der Waals surface area contributed by atoms with Gasteiger partial charge >= 0.3 is 0 Å². The van der Waals surface area contributed by atoms with Gasteiger partial charge in [-0.3, -0.25) is 14.5 Å². The van der Waals surface area contributed by atoms with Crippen molar-refractivity contribution in [3.63, 3.8) is 0 Å². The SMILES string of the molecule is Cc1cc(NC(=O)CSc2nnc(N3C(N)=C(C#N)C(c4cccc(Br)c4)C4=C3CCCC4=O)s2)no1. The molecule has 0 radical (unpaired) electrons. The Balaban J connectivity index is 1.44. The quantitative estimate of drug-likeness (QED) is 0.384. The van der Waals surface area contributed by atoms with E-state index in [4.69, 9.17) is 10.3 Å². The van der Waals surface area contributed by atoms with Crippen LogP contribution in [-0.4, -0.2) is 32.8 Å². The van der Waals surface area contributed by atoms with Crippen LogP contribution in [0.3, 0.4) is 0 Å². The van der Waals surface area contributed by atoms with Crippen LogP contribution in [0.4, 0.5) is 10.9 Å². The monoisotopic (exact) mass is 597 g/mol. The van der Waals surface area contributed by atoms with Crippen LogP contribution in [0.25, 0.3) is 0 Å². The minimum atomic E-state index is -0.549. The van der Waals surface area contributed by atoms with Crippen molar-refractivity contribution in [2.75, 3.05) is 16.0 Å². The van der Waals surface area contributed by atoms with E-state index in [1.54, 1.807) is 17.9 Å². The van der Waals surface area contributed by atoms with Gasteiger partial charge in [-0.1, -0.05) is 56.3 Å². The first kappa shape index (κ1) is 25.2. The fourth-order valence-electron chi connectivity index (χ4n) is 4.41. The summed E-state index contributed by atoms with van der Waals surface area (Å²) in [6.45, 7) is 1.74. The van der Waals surface area contributed by atoms with Crippen molar-refractivity contribution in [3.8, 4) is 6.07 Å². The predicted octanol–water partition coefficient (Wildman–Crippen LogP) is 4.63. The number of carbonyl (C=O) groups is 2. The molecule has 0 fully saturated rings. The normalized spacial score (nSPS) is 17.6. The molecule has 2 aromatic heterocycles. The number of carbonyl (C=O) groups excluding carboxylic acids is 2. The number of aryl methyl sites for hydroxylation is 1. The van der Waals surface area contributed by atoms with Crippen LogP contribution in [0.5, 0.6) is 0 Å². The number of thioether (sulfide) groups is 1. The number of allylic oxidation sites excluding steroid dienone is 3. The summed E-state index contributed by atoms with van der Waals surface area (Å²) in [7, 11) is 0. The molecule has 3 N–H and O–H groups in total. The molecule has 1 aliphatic heterocycles. The van der Waals surface area contributed by atoms with E-state index >= 15 is 0 Å². The largest absolute Gasteiger partial charge is 0.384 e. The van der Waals surface area contributed by atoms with Crippen LogP contribution in [0.15, 0.2) is 66.3 Å². The van der Waals surface area contributed by atoms with Gasteiger partial charge in [-0.25, -0.2) is 0 Å². The number of Topliss-reactive ketones (excluding diaryl/α,β-unsaturated/α-hetero) is 1. The number of aromatic nitrogens is 3. The first-order chi connectivity index (χ1) is 17.9. The highest BCUT2D eigenvalue weighted by atomic mass is 79.9. The van der Waals surface area contributed by atoms with Crippen LogP contribution in [-0.2, 0) is 9.59 Å². The van der Waals surface area contributed by atoms with Crippen molar-refractivity contribution in [3.05, 3.63) is 68.8 Å². The van der Waals surface area contributed by atoms with E-state index in [0.29, 0.717) is 51.5 Å². The maximum Gasteiger partial charge on any atom is 0.236 e. The number of rotatable bonds is 6. The minimum Gasteiger partial charge on any atom is -0.384 e. The Morgan fingerprint density at radius 3 is 2.95 bits per heavy atom. The zero-order valence-electron chi connectivity index (χ0n) is 19.5. The topological polar surface area (TPSA) is 151 Å². The lowest BCUT2D eigenvalue weighted by molar-refractivity contribution is -0.116. The summed E-state index contributed by atoms with van der Waals surface area (Å²) < 4.78 is 6.35. The fourth-order valence-corrected chi connectivity index (χ4v) is 6.50. The third kappa shape index (κ3) is 5.04. The lowest BCUT2D eigenvalue weighted by atomic mass is 9.76. The molecule has 0 bridgehead atoms. The van der Waals surface area contributed by atoms with Crippen molar-refractivity contribution in [2.45, 2.75) is 36.4 Å². The summed E-state index contributed by atoms with van der Waals surface area (Å²) in [6, 6.07) is 11.4. The van der Waals surface area contributed by atoms with E-state index in [2.05, 4.69) is 42.7 Å². The summed E-state index contributed by atoms with van der Waals surface area (Å²) in [5, 5.41) is 25.5. The molecule has 2 aliphatic rings. The first-order valence-corrected chi connectivity index (χ1v) is 13.9. The second-order valence-electron chi connectivity index (χ2n) is 8.38. The Morgan fingerprint density at radius 2 is 2.22 bits per heavy atom. The molecular weight excluding hydrogens is 578 g/mol. The van der Waals surface area contributed by atoms with Crippen LogP contribution in [0, 0.1) is 18.3 Å². The molecule has 3 heterocycles. The van der Waals surface area contributed by atoms with Gasteiger partial charge in [0.2, 0.25) is 11.0 Å². The number of hydrogen-bond donors (Lipinski definition) is 2. The van der Waals surface area contributed by atoms with Gasteiger partial charge in [-0.05, 0) is 37.5 Å². The molecule has 37 heavy (non-hydrogen) atoms. The van der Waals surface area contributed by atoms with Crippen molar-refractivity contribution in [2.24, 2.45) is 5.73 Å². The number of nitrogens with one attached hydrogen (secondary N) is 1. The molecule has 188 valence electrons. The number of ketones is 1. The van der Waals surface area contributed by atoms with E-state index in [1.807, 2.05) is 24.3 Å². The molecule has 13 heteroatoms. The lowest BCUT2D eigenvalue weighted by Crippen LogP contribution is -2.38. The Kier molecular flexibility index (Phi) is 7.14. The number of nitriles is 1. The molecule has 0 saturated heterocycles. The number of hydrogen-bond acceptors (Lipinski definition) is 11. The van der Waals surface area contributed by atoms with Crippen molar-refractivity contribution >= 4 is 61.7 Å². The number of amides is 1. The molecule has 0 saturated carbocycles. The molecular formula is C24H20BrN7O3S2. The van der Waals surface area contributed by atoms with Gasteiger partial charge in [0.05, 0.1) is 23.3 Å². The van der Waals surface area contributed by atoms with E-state index in [-0.39, 0.29) is 23.3 Å². The third-order valence-electron chi connectivity index (χ3n) is 5.90. The van der Waals surface area contributed by atoms with Crippen LogP contribution >= 0.6 is 39.0 Å². The zero-order chi connectivity index (χ0) is 26.1. The van der Waals surface area contributed by atoms with Crippen molar-refractivity contribution < 1.29 is 14.1 Å². The molecule has 1 amide bonds. The van der Waals surface area contributed by atoms with E-state index < -0.39 is 5.92 Å². The van der Waals surface area contributed by atoms with E-state index in [9.17, 15) is 14.9 Å². The Bertz CT molecular complexity index is 1500. The van der Waals surface area contributed by atoms with Gasteiger partial charge in [-0.2, -0.15) is 5.26 Å². The van der Waals surface area contributed by atoms with Gasteiger partial charge in [0, 0.05) is 28.2 Å². The standard InChI is InChI=1S/C24H20BrN7O3S2/c1-12-8-18(31-35-12)28-19(34)11-36-24-30-29-23(37-24)32-16-6-3-7-17(33)21(16)20(15(10-26)22(32)27)13-4-2-5-14(25)9-13/h2,4-5,8-9,20H,3,6-7,11,27H2,1H3,(H,28,31,34). The van der Waals surface area contributed by atoms with Gasteiger partial charge in [0.25, 0.3) is 0 Å². The summed E-state index contributed by atoms with van der Waals surface area (Å²) in [5.74, 6) is 0.441. The summed E-state index contributed by atoms with van der Waals surface area (Å²) in [5.41, 5.74) is 9.00. The van der Waals surface area contributed by atoms with Crippen LogP contribution in [0.2, 0.25) is 0 Å². The minimum absolute atomic E-state index is 0.00430. The third-order valence-corrected chi connectivity index (χ3v) is 8.44. The van der Waals surface area contributed by atoms with Gasteiger partial charge in [0.1, 0.15) is 11.6 Å². The fraction of sp³-hybridized carbons (Fsp3) is 0.250. The first-order valence-electron chi connectivity index (χ1n) is 11.3. The molecule has 1 unspecified atom stereocenters. The van der Waals surface area contributed by atoms with Gasteiger partial charge < -0.3 is 15.6 Å². The summed E-state index contributed by atoms with van der Waals surface area (Å²) >= 11 is 5.94. The Labute approximate surface area is 228 Å². The summed E-state index contributed by atoms with van der Waals surface area (Å²) in [4.78, 5) is 27.2. The Hall–Kier alpha value is -3.47. The average molecular weight is 599 g/mol. The van der Waals surface area contributed by atoms with Gasteiger partial charge in [0.15, 0.2) is 15.9 Å². The molecule has 1 atom stereocenters. The number of nitrogens with two attached hydrogens (primary N) is 1. The van der Waals surface area contributed by atoms with E-state index in [1.165, 1.54) is 23.1 Å². The second kappa shape index (κ2) is 10.5. The second-order valence-corrected chi connectivity index (χ2v) is 11.5. The lowest BCUT2D eigenvalue weighted by Gasteiger charge is -2.38. The molecule has 1 aromatic carbocycles. The van der Waals surface area contributed by atoms with E-state index in [0.717, 1.165) is 15.7 Å². The average Bonchev–Trinajstić information content (AvgIpc) is 3.50. The molecule has 10 nitrogen and oxygen atoms in total. The highest BCUT2D eigenvalue weighted by molar-refractivity contribution is 9.10. The van der Waals surface area contributed by atoms with Crippen molar-refractivity contribution in [1.82, 2.24) is 15.4 Å². The molecule has 1 aliphatic carbocycles. The maximum atomic E-state index is 13.2. The molecule has 5 rings (SSSR count). The number of anilines is 2. The maximum absolute atomic E-state index is 13.2. The smallest absolute Gasteiger partial charge is 0.236 e. The van der Waals surface area contributed by atoms with Crippen LogP contribution in [0.1, 0.15) is 36.5 Å².